The number of fused-ring (bicyclic) bond motifs is 9. The molecule has 0 fully saturated rings. The van der Waals surface area contributed by atoms with Gasteiger partial charge in [0.15, 0.2) is 0 Å². The van der Waals surface area contributed by atoms with E-state index < -0.39 is 0 Å². The Labute approximate surface area is 277 Å². The first-order chi connectivity index (χ1) is 23.8. The molecule has 0 saturated heterocycles. The van der Waals surface area contributed by atoms with Crippen LogP contribution in [0.3, 0.4) is 0 Å². The number of benzene rings is 9. The number of hydrogen-bond donors (Lipinski definition) is 0. The minimum atomic E-state index is 0.880. The summed E-state index contributed by atoms with van der Waals surface area (Å²) in [4.78, 5) is 10.6. The van der Waals surface area contributed by atoms with E-state index in [-0.39, 0.29) is 0 Å². The molecule has 2 heteroatoms. The van der Waals surface area contributed by atoms with E-state index in [1.54, 1.807) is 0 Å². The van der Waals surface area contributed by atoms with Gasteiger partial charge in [0.25, 0.3) is 0 Å². The Morgan fingerprint density at radius 2 is 0.917 bits per heavy atom. The maximum Gasteiger partial charge on any atom is 0.0973 e. The van der Waals surface area contributed by atoms with E-state index >= 15 is 0 Å². The molecular weight excluding hydrogens is 581 g/mol. The standard InChI is InChI=1S/C46H28N2/c1-2-11-32(12-3-1)45-46(35-18-17-29-9-4-5-13-33(29)27-35)47-42-26-22-34(28-43(42)48-45)37-15-8-16-40-39(37)24-21-31-20-23-38-36-14-7-6-10-30(36)19-25-41(38)44(31)40/h1-28H. The highest BCUT2D eigenvalue weighted by Crippen LogP contribution is 2.40. The fourth-order valence-corrected chi connectivity index (χ4v) is 7.49. The lowest BCUT2D eigenvalue weighted by Crippen LogP contribution is -1.96. The molecule has 222 valence electrons. The third-order valence-corrected chi connectivity index (χ3v) is 9.81. The lowest BCUT2D eigenvalue weighted by Gasteiger charge is -2.14. The zero-order valence-electron chi connectivity index (χ0n) is 26.1. The minimum Gasteiger partial charge on any atom is -0.244 e. The predicted octanol–water partition coefficient (Wildman–Crippen LogP) is 12.4. The van der Waals surface area contributed by atoms with E-state index in [4.69, 9.17) is 9.97 Å². The van der Waals surface area contributed by atoms with Gasteiger partial charge < -0.3 is 0 Å². The van der Waals surface area contributed by atoms with Crippen molar-refractivity contribution in [2.24, 2.45) is 0 Å². The molecule has 0 bridgehead atoms. The predicted molar refractivity (Wildman–Crippen MR) is 203 cm³/mol. The van der Waals surface area contributed by atoms with Gasteiger partial charge in [-0.3, -0.25) is 0 Å². The fourth-order valence-electron chi connectivity index (χ4n) is 7.49. The number of rotatable bonds is 3. The Morgan fingerprint density at radius 3 is 1.81 bits per heavy atom. The van der Waals surface area contributed by atoms with Crippen LogP contribution >= 0.6 is 0 Å². The second-order valence-electron chi connectivity index (χ2n) is 12.6. The highest BCUT2D eigenvalue weighted by Gasteiger charge is 2.16. The van der Waals surface area contributed by atoms with Gasteiger partial charge in [-0.1, -0.05) is 152 Å². The van der Waals surface area contributed by atoms with Gasteiger partial charge in [-0.05, 0) is 83.2 Å². The lowest BCUT2D eigenvalue weighted by atomic mass is 9.91. The molecule has 9 aromatic carbocycles. The highest BCUT2D eigenvalue weighted by atomic mass is 14.8. The zero-order chi connectivity index (χ0) is 31.6. The quantitative estimate of drug-likeness (QED) is 0.187. The van der Waals surface area contributed by atoms with Crippen molar-refractivity contribution >= 4 is 64.9 Å². The molecule has 0 aliphatic carbocycles. The van der Waals surface area contributed by atoms with Gasteiger partial charge in [-0.2, -0.15) is 0 Å². The SMILES string of the molecule is c1ccc(-c2nc3cc(-c4cccc5c4ccc4ccc6c7ccccc7ccc6c45)ccc3nc2-c2ccc3ccccc3c2)cc1. The summed E-state index contributed by atoms with van der Waals surface area (Å²) in [6.45, 7) is 0. The first-order valence-electron chi connectivity index (χ1n) is 16.4. The molecule has 1 heterocycles. The molecule has 1 aromatic heterocycles. The van der Waals surface area contributed by atoms with E-state index in [1.807, 2.05) is 6.07 Å². The van der Waals surface area contributed by atoms with Crippen LogP contribution in [0.4, 0.5) is 0 Å². The summed E-state index contributed by atoms with van der Waals surface area (Å²) in [7, 11) is 0. The Morgan fingerprint density at radius 1 is 0.292 bits per heavy atom. The molecule has 10 aromatic rings. The van der Waals surface area contributed by atoms with Crippen molar-refractivity contribution < 1.29 is 0 Å². The second-order valence-corrected chi connectivity index (χ2v) is 12.6. The molecule has 0 saturated carbocycles. The molecular formula is C46H28N2. The molecule has 0 aliphatic rings. The molecule has 0 radical (unpaired) electrons. The van der Waals surface area contributed by atoms with Crippen LogP contribution in [0.2, 0.25) is 0 Å². The average molecular weight is 609 g/mol. The molecule has 10 rings (SSSR count). The highest BCUT2D eigenvalue weighted by molar-refractivity contribution is 6.25. The maximum absolute atomic E-state index is 5.33. The van der Waals surface area contributed by atoms with Crippen LogP contribution in [-0.4, -0.2) is 9.97 Å². The van der Waals surface area contributed by atoms with Crippen molar-refractivity contribution in [2.75, 3.05) is 0 Å². The van der Waals surface area contributed by atoms with Crippen molar-refractivity contribution in [3.05, 3.63) is 170 Å². The molecule has 0 aliphatic heterocycles. The Balaban J connectivity index is 1.18. The van der Waals surface area contributed by atoms with Crippen LogP contribution in [-0.2, 0) is 0 Å². The van der Waals surface area contributed by atoms with E-state index in [2.05, 4.69) is 164 Å². The molecule has 0 unspecified atom stereocenters. The monoisotopic (exact) mass is 608 g/mol. The van der Waals surface area contributed by atoms with Crippen molar-refractivity contribution in [2.45, 2.75) is 0 Å². The summed E-state index contributed by atoms with van der Waals surface area (Å²) >= 11 is 0. The molecule has 0 amide bonds. The van der Waals surface area contributed by atoms with Gasteiger partial charge in [0.2, 0.25) is 0 Å². The summed E-state index contributed by atoms with van der Waals surface area (Å²) in [6.07, 6.45) is 0. The smallest absolute Gasteiger partial charge is 0.0973 e. The van der Waals surface area contributed by atoms with Gasteiger partial charge in [0, 0.05) is 11.1 Å². The number of hydrogen-bond acceptors (Lipinski definition) is 2. The summed E-state index contributed by atoms with van der Waals surface area (Å²) in [5.74, 6) is 0. The van der Waals surface area contributed by atoms with Gasteiger partial charge in [0.1, 0.15) is 0 Å². The van der Waals surface area contributed by atoms with Crippen molar-refractivity contribution in [1.82, 2.24) is 9.97 Å². The molecule has 0 spiro atoms. The summed E-state index contributed by atoms with van der Waals surface area (Å²) in [6, 6.07) is 60.9. The van der Waals surface area contributed by atoms with Gasteiger partial charge in [-0.25, -0.2) is 9.97 Å². The van der Waals surface area contributed by atoms with E-state index in [0.29, 0.717) is 0 Å². The number of nitrogens with zero attached hydrogens (tertiary/aromatic N) is 2. The average Bonchev–Trinajstić information content (AvgIpc) is 3.16. The van der Waals surface area contributed by atoms with Crippen LogP contribution in [0.15, 0.2) is 170 Å². The summed E-state index contributed by atoms with van der Waals surface area (Å²) < 4.78 is 0. The summed E-state index contributed by atoms with van der Waals surface area (Å²) in [5.41, 5.74) is 7.97. The summed E-state index contributed by atoms with van der Waals surface area (Å²) in [5, 5.41) is 12.6. The lowest BCUT2D eigenvalue weighted by molar-refractivity contribution is 1.29. The van der Waals surface area contributed by atoms with Crippen LogP contribution in [0, 0.1) is 0 Å². The van der Waals surface area contributed by atoms with E-state index in [1.165, 1.54) is 59.4 Å². The third-order valence-electron chi connectivity index (χ3n) is 9.81. The van der Waals surface area contributed by atoms with Crippen LogP contribution in [0.5, 0.6) is 0 Å². The topological polar surface area (TPSA) is 25.8 Å². The van der Waals surface area contributed by atoms with Crippen LogP contribution < -0.4 is 0 Å². The first kappa shape index (κ1) is 26.8. The van der Waals surface area contributed by atoms with E-state index in [9.17, 15) is 0 Å². The number of aromatic nitrogens is 2. The van der Waals surface area contributed by atoms with Crippen molar-refractivity contribution in [3.8, 4) is 33.6 Å². The fraction of sp³-hybridized carbons (Fsp3) is 0. The van der Waals surface area contributed by atoms with Crippen molar-refractivity contribution in [3.63, 3.8) is 0 Å². The molecule has 0 atom stereocenters. The molecule has 0 N–H and O–H groups in total. The first-order valence-corrected chi connectivity index (χ1v) is 16.4. The molecule has 2 nitrogen and oxygen atoms in total. The van der Waals surface area contributed by atoms with Gasteiger partial charge in [0.05, 0.1) is 22.4 Å². The van der Waals surface area contributed by atoms with Crippen LogP contribution in [0.1, 0.15) is 0 Å². The Kier molecular flexibility index (Phi) is 5.91. The van der Waals surface area contributed by atoms with Crippen LogP contribution in [0.25, 0.3) is 98.5 Å². The van der Waals surface area contributed by atoms with Crippen molar-refractivity contribution in [1.29, 1.82) is 0 Å². The normalized spacial score (nSPS) is 11.8. The van der Waals surface area contributed by atoms with Gasteiger partial charge >= 0.3 is 0 Å². The Hall–Kier alpha value is -6.38. The zero-order valence-corrected chi connectivity index (χ0v) is 26.1. The largest absolute Gasteiger partial charge is 0.244 e. The molecule has 48 heavy (non-hydrogen) atoms. The maximum atomic E-state index is 5.33. The van der Waals surface area contributed by atoms with Gasteiger partial charge in [-0.15, -0.1) is 0 Å². The Bertz CT molecular complexity index is 2890. The second kappa shape index (κ2) is 10.6. The van der Waals surface area contributed by atoms with E-state index in [0.717, 1.165) is 39.1 Å². The third kappa shape index (κ3) is 4.20. The minimum absolute atomic E-state index is 0.880.